The summed E-state index contributed by atoms with van der Waals surface area (Å²) in [6, 6.07) is 6.99. The first-order valence-electron chi connectivity index (χ1n) is 7.52. The number of ketones is 1. The third-order valence-electron chi connectivity index (χ3n) is 3.43. The van der Waals surface area contributed by atoms with Crippen LogP contribution in [0.1, 0.15) is 38.1 Å². The molecule has 1 saturated heterocycles. The van der Waals surface area contributed by atoms with Crippen molar-refractivity contribution in [2.75, 3.05) is 24.5 Å². The fraction of sp³-hybridized carbons (Fsp3) is 0.529. The van der Waals surface area contributed by atoms with Crippen molar-refractivity contribution in [1.29, 1.82) is 0 Å². The molecule has 1 heterocycles. The van der Waals surface area contributed by atoms with Gasteiger partial charge in [-0.15, -0.1) is 0 Å². The van der Waals surface area contributed by atoms with Gasteiger partial charge in [0.15, 0.2) is 5.78 Å². The minimum Gasteiger partial charge on any atom is -0.459 e. The number of benzene rings is 1. The minimum absolute atomic E-state index is 0.0480. The zero-order chi connectivity index (χ0) is 16.3. The molecule has 1 aliphatic heterocycles. The predicted molar refractivity (Wildman–Crippen MR) is 85.3 cm³/mol. The summed E-state index contributed by atoms with van der Waals surface area (Å²) in [5.41, 5.74) is 1.18. The molecule has 1 aromatic rings. The number of carbonyl (C=O) groups excluding carboxylic acids is 2. The van der Waals surface area contributed by atoms with E-state index in [1.54, 1.807) is 6.92 Å². The van der Waals surface area contributed by atoms with Gasteiger partial charge in [0.25, 0.3) is 0 Å². The number of esters is 1. The van der Waals surface area contributed by atoms with Gasteiger partial charge in [0.1, 0.15) is 11.6 Å². The van der Waals surface area contributed by atoms with Crippen LogP contribution in [0.2, 0.25) is 0 Å². The summed E-state index contributed by atoms with van der Waals surface area (Å²) in [5.74, 6) is -0.232. The Morgan fingerprint density at radius 3 is 2.41 bits per heavy atom. The Balaban J connectivity index is 2.04. The average Bonchev–Trinajstić information content (AvgIpc) is 2.46. The van der Waals surface area contributed by atoms with E-state index in [4.69, 9.17) is 4.74 Å². The standard InChI is InChI=1S/C17H23N2O3/c1-12(20)13-5-7-14(8-6-13)19-10-9-18-15(11-19)16(21)22-17(2,3)4/h5-8,15H,9-11H2,1-4H3. The van der Waals surface area contributed by atoms with Crippen LogP contribution in [-0.2, 0) is 9.53 Å². The van der Waals surface area contributed by atoms with Gasteiger partial charge >= 0.3 is 5.97 Å². The van der Waals surface area contributed by atoms with Crippen LogP contribution in [0.5, 0.6) is 0 Å². The normalized spacial score (nSPS) is 18.9. The fourth-order valence-electron chi connectivity index (χ4n) is 2.35. The van der Waals surface area contributed by atoms with Crippen LogP contribution in [0.15, 0.2) is 24.3 Å². The highest BCUT2D eigenvalue weighted by atomic mass is 16.6. The molecular weight excluding hydrogens is 280 g/mol. The Bertz CT molecular complexity index is 546. The van der Waals surface area contributed by atoms with Crippen LogP contribution in [0.3, 0.4) is 0 Å². The number of hydrogen-bond donors (Lipinski definition) is 0. The maximum atomic E-state index is 12.1. The molecule has 0 saturated carbocycles. The van der Waals surface area contributed by atoms with E-state index in [9.17, 15) is 9.59 Å². The Labute approximate surface area is 131 Å². The summed E-state index contributed by atoms with van der Waals surface area (Å²) in [6.45, 7) is 8.97. The molecule has 0 amide bonds. The second kappa shape index (κ2) is 6.48. The smallest absolute Gasteiger partial charge is 0.327 e. The molecule has 0 aliphatic carbocycles. The van der Waals surface area contributed by atoms with Gasteiger partial charge in [0, 0.05) is 30.9 Å². The Morgan fingerprint density at radius 2 is 1.86 bits per heavy atom. The fourth-order valence-corrected chi connectivity index (χ4v) is 2.35. The van der Waals surface area contributed by atoms with Crippen molar-refractivity contribution < 1.29 is 14.3 Å². The second-order valence-corrected chi connectivity index (χ2v) is 6.50. The van der Waals surface area contributed by atoms with Crippen molar-refractivity contribution in [3.8, 4) is 0 Å². The minimum atomic E-state index is -0.502. The molecule has 5 nitrogen and oxygen atoms in total. The largest absolute Gasteiger partial charge is 0.459 e. The van der Waals surface area contributed by atoms with Crippen molar-refractivity contribution >= 4 is 17.4 Å². The molecular formula is C17H23N2O3. The summed E-state index contributed by atoms with van der Waals surface area (Å²) >= 11 is 0. The molecule has 1 unspecified atom stereocenters. The van der Waals surface area contributed by atoms with E-state index in [1.807, 2.05) is 45.0 Å². The van der Waals surface area contributed by atoms with Crippen LogP contribution < -0.4 is 10.2 Å². The Hall–Kier alpha value is -1.88. The summed E-state index contributed by atoms with van der Waals surface area (Å²) in [5, 5.41) is 4.36. The third-order valence-corrected chi connectivity index (χ3v) is 3.43. The Kier molecular flexibility index (Phi) is 4.86. The van der Waals surface area contributed by atoms with Crippen LogP contribution in [0.4, 0.5) is 5.69 Å². The molecule has 119 valence electrons. The number of rotatable bonds is 3. The van der Waals surface area contributed by atoms with E-state index in [0.29, 0.717) is 18.7 Å². The summed E-state index contributed by atoms with van der Waals surface area (Å²) < 4.78 is 5.41. The van der Waals surface area contributed by atoms with Crippen molar-refractivity contribution in [2.24, 2.45) is 0 Å². The topological polar surface area (TPSA) is 60.7 Å². The maximum absolute atomic E-state index is 12.1. The van der Waals surface area contributed by atoms with E-state index in [-0.39, 0.29) is 11.8 Å². The highest BCUT2D eigenvalue weighted by Crippen LogP contribution is 2.19. The molecule has 1 radical (unpaired) electrons. The molecule has 5 heteroatoms. The van der Waals surface area contributed by atoms with E-state index < -0.39 is 11.6 Å². The molecule has 1 fully saturated rings. The van der Waals surface area contributed by atoms with Crippen LogP contribution in [0.25, 0.3) is 0 Å². The molecule has 22 heavy (non-hydrogen) atoms. The average molecular weight is 303 g/mol. The first kappa shape index (κ1) is 16.5. The predicted octanol–water partition coefficient (Wildman–Crippen LogP) is 2.02. The molecule has 1 aliphatic rings. The lowest BCUT2D eigenvalue weighted by Crippen LogP contribution is -2.52. The molecule has 1 aromatic carbocycles. The van der Waals surface area contributed by atoms with Crippen LogP contribution in [-0.4, -0.2) is 43.0 Å². The highest BCUT2D eigenvalue weighted by molar-refractivity contribution is 5.94. The molecule has 0 spiro atoms. The SMILES string of the molecule is CC(=O)c1ccc(N2CC[N]C(C(=O)OC(C)(C)C)C2)cc1. The van der Waals surface area contributed by atoms with Gasteiger partial charge in [-0.25, -0.2) is 5.32 Å². The summed E-state index contributed by atoms with van der Waals surface area (Å²) in [7, 11) is 0. The van der Waals surface area contributed by atoms with E-state index in [2.05, 4.69) is 10.2 Å². The van der Waals surface area contributed by atoms with Gasteiger partial charge in [-0.2, -0.15) is 0 Å². The number of piperazine rings is 1. The van der Waals surface area contributed by atoms with Crippen LogP contribution >= 0.6 is 0 Å². The first-order chi connectivity index (χ1) is 10.3. The lowest BCUT2D eigenvalue weighted by molar-refractivity contribution is -0.157. The van der Waals surface area contributed by atoms with Gasteiger partial charge in [0.05, 0.1) is 0 Å². The van der Waals surface area contributed by atoms with Gasteiger partial charge in [-0.05, 0) is 52.0 Å². The first-order valence-corrected chi connectivity index (χ1v) is 7.52. The van der Waals surface area contributed by atoms with Crippen molar-refractivity contribution in [3.63, 3.8) is 0 Å². The zero-order valence-corrected chi connectivity index (χ0v) is 13.6. The van der Waals surface area contributed by atoms with Crippen molar-refractivity contribution in [2.45, 2.75) is 39.3 Å². The Morgan fingerprint density at radius 1 is 1.23 bits per heavy atom. The second-order valence-electron chi connectivity index (χ2n) is 6.50. The summed E-state index contributed by atoms with van der Waals surface area (Å²) in [4.78, 5) is 25.6. The number of Topliss-reactive ketones (excluding diaryl/α,β-unsaturated/α-hetero) is 1. The van der Waals surface area contributed by atoms with Crippen molar-refractivity contribution in [1.82, 2.24) is 5.32 Å². The molecule has 0 aromatic heterocycles. The summed E-state index contributed by atoms with van der Waals surface area (Å²) in [6.07, 6.45) is 0. The van der Waals surface area contributed by atoms with Crippen molar-refractivity contribution in [3.05, 3.63) is 29.8 Å². The number of ether oxygens (including phenoxy) is 1. The maximum Gasteiger partial charge on any atom is 0.327 e. The molecule has 0 bridgehead atoms. The monoisotopic (exact) mass is 303 g/mol. The molecule has 1 atom stereocenters. The quantitative estimate of drug-likeness (QED) is 0.633. The van der Waals surface area contributed by atoms with Gasteiger partial charge in [-0.3, -0.25) is 9.59 Å². The number of nitrogens with zero attached hydrogens (tertiary/aromatic N) is 2. The van der Waals surface area contributed by atoms with E-state index in [1.165, 1.54) is 0 Å². The zero-order valence-electron chi connectivity index (χ0n) is 13.6. The lowest BCUT2D eigenvalue weighted by Gasteiger charge is -2.34. The van der Waals surface area contributed by atoms with Gasteiger partial charge in [0.2, 0.25) is 0 Å². The number of carbonyl (C=O) groups is 2. The van der Waals surface area contributed by atoms with E-state index >= 15 is 0 Å². The van der Waals surface area contributed by atoms with E-state index in [0.717, 1.165) is 12.2 Å². The number of hydrogen-bond acceptors (Lipinski definition) is 4. The van der Waals surface area contributed by atoms with Crippen LogP contribution in [0, 0.1) is 0 Å². The molecule has 2 rings (SSSR count). The highest BCUT2D eigenvalue weighted by Gasteiger charge is 2.30. The van der Waals surface area contributed by atoms with Gasteiger partial charge in [-0.1, -0.05) is 0 Å². The third kappa shape index (κ3) is 4.31. The molecule has 0 N–H and O–H groups in total. The number of anilines is 1. The van der Waals surface area contributed by atoms with Gasteiger partial charge < -0.3 is 9.64 Å². The lowest BCUT2D eigenvalue weighted by atomic mass is 10.1.